The Labute approximate surface area is 267 Å². The molecule has 0 aromatic heterocycles. The summed E-state index contributed by atoms with van der Waals surface area (Å²) in [5.74, 6) is 2.57. The van der Waals surface area contributed by atoms with Crippen LogP contribution in [0.2, 0.25) is 0 Å². The maximum atomic E-state index is 2.72. The molecule has 2 heteroatoms. The van der Waals surface area contributed by atoms with Gasteiger partial charge in [0.15, 0.2) is 0 Å². The highest BCUT2D eigenvalue weighted by atomic mass is 15.1. The molecule has 0 N–H and O–H groups in total. The number of allylic oxidation sites excluding steroid dienone is 3. The molecule has 0 aliphatic carbocycles. The van der Waals surface area contributed by atoms with E-state index in [9.17, 15) is 0 Å². The second kappa shape index (κ2) is 13.5. The second-order valence-corrected chi connectivity index (χ2v) is 11.7. The Morgan fingerprint density at radius 2 is 0.711 bits per heavy atom. The normalized spacial score (nSPS) is 13.0. The Morgan fingerprint density at radius 3 is 1.09 bits per heavy atom. The highest BCUT2D eigenvalue weighted by Gasteiger charge is 2.42. The fourth-order valence-corrected chi connectivity index (χ4v) is 6.97. The summed E-state index contributed by atoms with van der Waals surface area (Å²) in [4.78, 5) is 2.72. The van der Waals surface area contributed by atoms with Gasteiger partial charge in [-0.2, -0.15) is 0 Å². The predicted molar refractivity (Wildman–Crippen MR) is 189 cm³/mol. The van der Waals surface area contributed by atoms with Gasteiger partial charge >= 0.3 is 0 Å². The monoisotopic (exact) mass is 577 g/mol. The van der Waals surface area contributed by atoms with Crippen molar-refractivity contribution >= 4 is 6.85 Å². The molecule has 45 heavy (non-hydrogen) atoms. The van der Waals surface area contributed by atoms with E-state index in [-0.39, 0.29) is 24.6 Å². The molecule has 1 nitrogen and oxygen atoms in total. The summed E-state index contributed by atoms with van der Waals surface area (Å²) in [6.07, 6.45) is 4.65. The lowest BCUT2D eigenvalue weighted by Gasteiger charge is -2.46. The average molecular weight is 578 g/mol. The van der Waals surface area contributed by atoms with Gasteiger partial charge in [-0.05, 0) is 39.5 Å². The van der Waals surface area contributed by atoms with Crippen LogP contribution in [0.1, 0.15) is 51.2 Å². The lowest BCUT2D eigenvalue weighted by Crippen LogP contribution is -2.48. The molecule has 1 aliphatic rings. The largest absolute Gasteiger partial charge is 0.403 e. The highest BCUT2D eigenvalue weighted by molar-refractivity contribution is 6.64. The van der Waals surface area contributed by atoms with Crippen molar-refractivity contribution in [3.63, 3.8) is 0 Å². The van der Waals surface area contributed by atoms with Gasteiger partial charge in [-0.25, -0.2) is 0 Å². The van der Waals surface area contributed by atoms with E-state index in [1.54, 1.807) is 0 Å². The molecule has 1 heterocycles. The van der Waals surface area contributed by atoms with E-state index in [2.05, 4.69) is 205 Å². The Morgan fingerprint density at radius 1 is 0.378 bits per heavy atom. The van der Waals surface area contributed by atoms with Gasteiger partial charge < -0.3 is 4.81 Å². The number of hydrogen-bond acceptors (Lipinski definition) is 1. The van der Waals surface area contributed by atoms with Crippen molar-refractivity contribution in [2.45, 2.75) is 17.8 Å². The highest BCUT2D eigenvalue weighted by Crippen LogP contribution is 2.45. The summed E-state index contributed by atoms with van der Waals surface area (Å²) < 4.78 is 0. The lowest BCUT2D eigenvalue weighted by atomic mass is 9.44. The van der Waals surface area contributed by atoms with E-state index >= 15 is 0 Å². The standard InChI is InChI=1S/C43H36BN/c1-7-20-34(21-8-1)41(35-22-9-2-10-23-35)40-32-19-33-44(42(36-24-11-3-12-25-36)37-26-13-4-14-27-37)45(40)43(38-28-15-5-16-29-38)39-30-17-6-18-31-39/h1-33,41-43H. The quantitative estimate of drug-likeness (QED) is 0.155. The molecule has 0 spiro atoms. The summed E-state index contributed by atoms with van der Waals surface area (Å²) in [6, 6.07) is 66.0. The van der Waals surface area contributed by atoms with Crippen molar-refractivity contribution in [2.24, 2.45) is 0 Å². The van der Waals surface area contributed by atoms with E-state index in [4.69, 9.17) is 0 Å². The van der Waals surface area contributed by atoms with Crippen LogP contribution < -0.4 is 0 Å². The number of nitrogens with zero attached hydrogens (tertiary/aromatic N) is 1. The summed E-state index contributed by atoms with van der Waals surface area (Å²) in [5.41, 5.74) is 9.01. The van der Waals surface area contributed by atoms with Crippen LogP contribution in [-0.2, 0) is 0 Å². The number of benzene rings is 6. The van der Waals surface area contributed by atoms with Crippen LogP contribution in [0.15, 0.2) is 206 Å². The second-order valence-electron chi connectivity index (χ2n) is 11.7. The summed E-state index contributed by atoms with van der Waals surface area (Å²) in [5, 5.41) is 0. The molecule has 0 fully saturated rings. The summed E-state index contributed by atoms with van der Waals surface area (Å²) >= 11 is 0. The SMILES string of the molecule is C1=CB(C(c2ccccc2)c2ccccc2)N(C(c2ccccc2)c2ccccc2)C(C(c2ccccc2)c2ccccc2)=C1. The molecule has 0 saturated carbocycles. The van der Waals surface area contributed by atoms with Crippen molar-refractivity contribution in [3.8, 4) is 0 Å². The average Bonchev–Trinajstić information content (AvgIpc) is 3.12. The maximum absolute atomic E-state index is 2.72. The van der Waals surface area contributed by atoms with Gasteiger partial charge in [0.05, 0.1) is 6.04 Å². The molecule has 0 amide bonds. The maximum Gasteiger partial charge on any atom is 0.294 e. The van der Waals surface area contributed by atoms with Gasteiger partial charge in [0.1, 0.15) is 0 Å². The molecule has 216 valence electrons. The van der Waals surface area contributed by atoms with Crippen LogP contribution in [0, 0.1) is 0 Å². The summed E-state index contributed by atoms with van der Waals surface area (Å²) in [6.45, 7) is 0.0372. The minimum absolute atomic E-state index is 0.0153. The van der Waals surface area contributed by atoms with Crippen LogP contribution in [-0.4, -0.2) is 11.7 Å². The van der Waals surface area contributed by atoms with Crippen LogP contribution >= 0.6 is 0 Å². The van der Waals surface area contributed by atoms with E-state index < -0.39 is 0 Å². The van der Waals surface area contributed by atoms with Gasteiger partial charge in [-0.1, -0.05) is 194 Å². The topological polar surface area (TPSA) is 3.24 Å². The zero-order chi connectivity index (χ0) is 30.3. The van der Waals surface area contributed by atoms with Crippen molar-refractivity contribution in [3.05, 3.63) is 239 Å². The molecule has 6 aromatic carbocycles. The first kappa shape index (κ1) is 28.4. The van der Waals surface area contributed by atoms with Crippen LogP contribution in [0.25, 0.3) is 0 Å². The Kier molecular flexibility index (Phi) is 8.55. The zero-order valence-electron chi connectivity index (χ0n) is 25.3. The van der Waals surface area contributed by atoms with Crippen LogP contribution in [0.3, 0.4) is 0 Å². The fourth-order valence-electron chi connectivity index (χ4n) is 6.97. The van der Waals surface area contributed by atoms with Crippen LogP contribution in [0.5, 0.6) is 0 Å². The first-order chi connectivity index (χ1) is 22.4. The van der Waals surface area contributed by atoms with E-state index in [0.29, 0.717) is 0 Å². The summed E-state index contributed by atoms with van der Waals surface area (Å²) in [7, 11) is 0. The van der Waals surface area contributed by atoms with Crippen LogP contribution in [0.4, 0.5) is 0 Å². The minimum Gasteiger partial charge on any atom is -0.403 e. The first-order valence-corrected chi connectivity index (χ1v) is 15.8. The smallest absolute Gasteiger partial charge is 0.294 e. The number of hydrogen-bond donors (Lipinski definition) is 0. The Hall–Kier alpha value is -5.34. The molecule has 6 aromatic rings. The van der Waals surface area contributed by atoms with Gasteiger partial charge in [0.2, 0.25) is 0 Å². The van der Waals surface area contributed by atoms with E-state index in [1.165, 1.54) is 39.1 Å². The van der Waals surface area contributed by atoms with E-state index in [1.807, 2.05) is 0 Å². The molecule has 0 unspecified atom stereocenters. The minimum atomic E-state index is -0.0153. The Bertz CT molecular complexity index is 1720. The third-order valence-electron chi connectivity index (χ3n) is 8.92. The predicted octanol–water partition coefficient (Wildman–Crippen LogP) is 10.3. The number of rotatable bonds is 9. The third-order valence-corrected chi connectivity index (χ3v) is 8.92. The molecule has 1 aliphatic heterocycles. The first-order valence-electron chi connectivity index (χ1n) is 15.8. The fraction of sp³-hybridized carbons (Fsp3) is 0.0698. The molecular weight excluding hydrogens is 541 g/mol. The molecule has 0 atom stereocenters. The molecule has 0 radical (unpaired) electrons. The van der Waals surface area contributed by atoms with Gasteiger partial charge in [0.25, 0.3) is 6.85 Å². The molecule has 7 rings (SSSR count). The van der Waals surface area contributed by atoms with Crippen molar-refractivity contribution in [1.82, 2.24) is 4.81 Å². The van der Waals surface area contributed by atoms with Gasteiger partial charge in [0, 0.05) is 17.4 Å². The van der Waals surface area contributed by atoms with Gasteiger partial charge in [-0.15, -0.1) is 0 Å². The Balaban J connectivity index is 1.50. The zero-order valence-corrected chi connectivity index (χ0v) is 25.3. The molecule has 0 bridgehead atoms. The van der Waals surface area contributed by atoms with Crippen molar-refractivity contribution < 1.29 is 0 Å². The lowest BCUT2D eigenvalue weighted by molar-refractivity contribution is 0.423. The third kappa shape index (κ3) is 6.05. The van der Waals surface area contributed by atoms with Crippen molar-refractivity contribution in [1.29, 1.82) is 0 Å². The molecular formula is C43H36BN. The van der Waals surface area contributed by atoms with Gasteiger partial charge in [-0.3, -0.25) is 0 Å². The molecule has 0 saturated heterocycles. The van der Waals surface area contributed by atoms with E-state index in [0.717, 1.165) is 0 Å². The van der Waals surface area contributed by atoms with Crippen molar-refractivity contribution in [2.75, 3.05) is 0 Å².